The van der Waals surface area contributed by atoms with Gasteiger partial charge in [-0.15, -0.1) is 0 Å². The molecule has 0 fully saturated rings. The maximum Gasteiger partial charge on any atom is 0.240 e. The zero-order chi connectivity index (χ0) is 12.8. The SMILES string of the molecule is CC(C)CNCc1nc(Cc2ccccc2)no1. The van der Waals surface area contributed by atoms with Gasteiger partial charge in [-0.25, -0.2) is 0 Å². The van der Waals surface area contributed by atoms with E-state index >= 15 is 0 Å². The standard InChI is InChI=1S/C14H19N3O/c1-11(2)9-15-10-14-16-13(17-18-14)8-12-6-4-3-5-7-12/h3-7,11,15H,8-10H2,1-2H3. The molecule has 2 aromatic rings. The maximum absolute atomic E-state index is 5.20. The Kier molecular flexibility index (Phi) is 4.47. The molecule has 0 spiro atoms. The summed E-state index contributed by atoms with van der Waals surface area (Å²) in [4.78, 5) is 4.36. The highest BCUT2D eigenvalue weighted by Crippen LogP contribution is 2.06. The first-order chi connectivity index (χ1) is 8.74. The van der Waals surface area contributed by atoms with Crippen molar-refractivity contribution in [2.75, 3.05) is 6.54 Å². The third-order valence-corrected chi connectivity index (χ3v) is 2.54. The summed E-state index contributed by atoms with van der Waals surface area (Å²) in [6.07, 6.45) is 0.717. The number of nitrogens with zero attached hydrogens (tertiary/aromatic N) is 2. The van der Waals surface area contributed by atoms with E-state index < -0.39 is 0 Å². The first kappa shape index (κ1) is 12.8. The second-order valence-corrected chi connectivity index (χ2v) is 4.79. The molecule has 18 heavy (non-hydrogen) atoms. The van der Waals surface area contributed by atoms with Crippen molar-refractivity contribution in [3.63, 3.8) is 0 Å². The van der Waals surface area contributed by atoms with Crippen LogP contribution in [0.5, 0.6) is 0 Å². The van der Waals surface area contributed by atoms with Crippen LogP contribution in [-0.2, 0) is 13.0 Å². The minimum absolute atomic E-state index is 0.622. The lowest BCUT2D eigenvalue weighted by atomic mass is 10.1. The Labute approximate surface area is 107 Å². The molecule has 0 amide bonds. The van der Waals surface area contributed by atoms with Crippen LogP contribution in [0.4, 0.5) is 0 Å². The maximum atomic E-state index is 5.20. The zero-order valence-electron chi connectivity index (χ0n) is 10.9. The van der Waals surface area contributed by atoms with Crippen LogP contribution < -0.4 is 5.32 Å². The van der Waals surface area contributed by atoms with Crippen LogP contribution in [0, 0.1) is 5.92 Å². The molecule has 1 heterocycles. The molecule has 0 aliphatic carbocycles. The molecule has 0 saturated heterocycles. The van der Waals surface area contributed by atoms with Crippen LogP contribution in [0.3, 0.4) is 0 Å². The van der Waals surface area contributed by atoms with E-state index in [4.69, 9.17) is 4.52 Å². The predicted octanol–water partition coefficient (Wildman–Crippen LogP) is 2.41. The normalized spacial score (nSPS) is 11.1. The van der Waals surface area contributed by atoms with Gasteiger partial charge in [0.2, 0.25) is 5.89 Å². The molecule has 1 N–H and O–H groups in total. The van der Waals surface area contributed by atoms with Crippen molar-refractivity contribution < 1.29 is 4.52 Å². The van der Waals surface area contributed by atoms with Crippen molar-refractivity contribution in [1.82, 2.24) is 15.5 Å². The summed E-state index contributed by atoms with van der Waals surface area (Å²) >= 11 is 0. The number of hydrogen-bond acceptors (Lipinski definition) is 4. The van der Waals surface area contributed by atoms with E-state index in [-0.39, 0.29) is 0 Å². The van der Waals surface area contributed by atoms with Crippen molar-refractivity contribution in [2.45, 2.75) is 26.8 Å². The average Bonchev–Trinajstić information content (AvgIpc) is 2.78. The Balaban J connectivity index is 1.86. The lowest BCUT2D eigenvalue weighted by Gasteiger charge is -2.03. The molecule has 0 saturated carbocycles. The molecule has 0 unspecified atom stereocenters. The molecule has 0 bridgehead atoms. The molecule has 96 valence electrons. The van der Waals surface area contributed by atoms with Crippen molar-refractivity contribution in [2.24, 2.45) is 5.92 Å². The monoisotopic (exact) mass is 245 g/mol. The number of aromatic nitrogens is 2. The molecule has 1 aromatic heterocycles. The molecule has 0 aliphatic heterocycles. The summed E-state index contributed by atoms with van der Waals surface area (Å²) in [7, 11) is 0. The summed E-state index contributed by atoms with van der Waals surface area (Å²) in [6.45, 7) is 5.93. The first-order valence-electron chi connectivity index (χ1n) is 6.30. The summed E-state index contributed by atoms with van der Waals surface area (Å²) in [6, 6.07) is 10.2. The van der Waals surface area contributed by atoms with Crippen LogP contribution in [0.15, 0.2) is 34.9 Å². The number of benzene rings is 1. The molecular formula is C14H19N3O. The summed E-state index contributed by atoms with van der Waals surface area (Å²) in [5.74, 6) is 2.01. The van der Waals surface area contributed by atoms with E-state index in [1.54, 1.807) is 0 Å². The van der Waals surface area contributed by atoms with Crippen molar-refractivity contribution in [3.8, 4) is 0 Å². The van der Waals surface area contributed by atoms with E-state index in [1.807, 2.05) is 18.2 Å². The fourth-order valence-electron chi connectivity index (χ4n) is 1.68. The van der Waals surface area contributed by atoms with Crippen molar-refractivity contribution in [1.29, 1.82) is 0 Å². The molecule has 2 rings (SSSR count). The van der Waals surface area contributed by atoms with Crippen LogP contribution >= 0.6 is 0 Å². The molecule has 0 aliphatic rings. The average molecular weight is 245 g/mol. The third kappa shape index (κ3) is 3.96. The van der Waals surface area contributed by atoms with Gasteiger partial charge in [-0.2, -0.15) is 4.98 Å². The number of nitrogens with one attached hydrogen (secondary N) is 1. The fraction of sp³-hybridized carbons (Fsp3) is 0.429. The number of rotatable bonds is 6. The lowest BCUT2D eigenvalue weighted by molar-refractivity contribution is 0.360. The highest BCUT2D eigenvalue weighted by Gasteiger charge is 2.06. The van der Waals surface area contributed by atoms with Gasteiger partial charge in [-0.1, -0.05) is 49.3 Å². The van der Waals surface area contributed by atoms with Crippen molar-refractivity contribution >= 4 is 0 Å². The Bertz CT molecular complexity index is 465. The van der Waals surface area contributed by atoms with Crippen LogP contribution in [0.2, 0.25) is 0 Å². The fourth-order valence-corrected chi connectivity index (χ4v) is 1.68. The molecule has 0 radical (unpaired) electrons. The van der Waals surface area contributed by atoms with Gasteiger partial charge in [-0.05, 0) is 18.0 Å². The largest absolute Gasteiger partial charge is 0.338 e. The van der Waals surface area contributed by atoms with Gasteiger partial charge in [0.05, 0.1) is 6.54 Å². The number of hydrogen-bond donors (Lipinski definition) is 1. The highest BCUT2D eigenvalue weighted by molar-refractivity contribution is 5.18. The lowest BCUT2D eigenvalue weighted by Crippen LogP contribution is -2.19. The topological polar surface area (TPSA) is 51.0 Å². The van der Waals surface area contributed by atoms with Gasteiger partial charge in [0, 0.05) is 6.42 Å². The molecule has 4 nitrogen and oxygen atoms in total. The Hall–Kier alpha value is -1.68. The minimum Gasteiger partial charge on any atom is -0.338 e. The van der Waals surface area contributed by atoms with Gasteiger partial charge in [0.15, 0.2) is 5.82 Å². The van der Waals surface area contributed by atoms with Crippen LogP contribution in [-0.4, -0.2) is 16.7 Å². The van der Waals surface area contributed by atoms with Crippen LogP contribution in [0.25, 0.3) is 0 Å². The van der Waals surface area contributed by atoms with E-state index in [2.05, 4.69) is 41.4 Å². The second-order valence-electron chi connectivity index (χ2n) is 4.79. The highest BCUT2D eigenvalue weighted by atomic mass is 16.5. The molecule has 1 aromatic carbocycles. The van der Waals surface area contributed by atoms with Gasteiger partial charge in [-0.3, -0.25) is 0 Å². The Morgan fingerprint density at radius 2 is 2.00 bits per heavy atom. The molecule has 4 heteroatoms. The van der Waals surface area contributed by atoms with Gasteiger partial charge < -0.3 is 9.84 Å². The first-order valence-corrected chi connectivity index (χ1v) is 6.30. The minimum atomic E-state index is 0.622. The summed E-state index contributed by atoms with van der Waals surface area (Å²) in [5.41, 5.74) is 1.19. The summed E-state index contributed by atoms with van der Waals surface area (Å²) < 4.78 is 5.20. The predicted molar refractivity (Wildman–Crippen MR) is 70.1 cm³/mol. The quantitative estimate of drug-likeness (QED) is 0.849. The van der Waals surface area contributed by atoms with Gasteiger partial charge in [0.25, 0.3) is 0 Å². The Morgan fingerprint density at radius 3 is 2.72 bits per heavy atom. The summed E-state index contributed by atoms with van der Waals surface area (Å²) in [5, 5.41) is 7.27. The van der Waals surface area contributed by atoms with Gasteiger partial charge >= 0.3 is 0 Å². The smallest absolute Gasteiger partial charge is 0.240 e. The molecular weight excluding hydrogens is 226 g/mol. The van der Waals surface area contributed by atoms with Crippen molar-refractivity contribution in [3.05, 3.63) is 47.6 Å². The Morgan fingerprint density at radius 1 is 1.22 bits per heavy atom. The van der Waals surface area contributed by atoms with E-state index in [0.29, 0.717) is 24.8 Å². The van der Waals surface area contributed by atoms with E-state index in [9.17, 15) is 0 Å². The van der Waals surface area contributed by atoms with E-state index in [0.717, 1.165) is 12.4 Å². The second kappa shape index (κ2) is 6.31. The van der Waals surface area contributed by atoms with Crippen LogP contribution in [0.1, 0.15) is 31.1 Å². The molecule has 0 atom stereocenters. The zero-order valence-corrected chi connectivity index (χ0v) is 10.9. The van der Waals surface area contributed by atoms with Gasteiger partial charge in [0.1, 0.15) is 0 Å². The van der Waals surface area contributed by atoms with E-state index in [1.165, 1.54) is 5.56 Å². The third-order valence-electron chi connectivity index (χ3n) is 2.54.